The zero-order valence-electron chi connectivity index (χ0n) is 19.0. The summed E-state index contributed by atoms with van der Waals surface area (Å²) in [7, 11) is 0. The lowest BCUT2D eigenvalue weighted by Crippen LogP contribution is -2.48. The third-order valence-corrected chi connectivity index (χ3v) is 9.17. The van der Waals surface area contributed by atoms with Gasteiger partial charge >= 0.3 is 0 Å². The highest BCUT2D eigenvalue weighted by Crippen LogP contribution is 2.62. The van der Waals surface area contributed by atoms with E-state index in [0.29, 0.717) is 12.0 Å². The Bertz CT molecular complexity index is 867. The first-order valence-electron chi connectivity index (χ1n) is 12.2. The first-order valence-corrected chi connectivity index (χ1v) is 12.2. The van der Waals surface area contributed by atoms with E-state index in [1.54, 1.807) is 0 Å². The molecule has 6 heteroatoms. The summed E-state index contributed by atoms with van der Waals surface area (Å²) in [6.45, 7) is 6.20. The lowest BCUT2D eigenvalue weighted by Gasteiger charge is -2.57. The van der Waals surface area contributed by atoms with Gasteiger partial charge in [-0.3, -0.25) is 0 Å². The number of allylic oxidation sites excluding steroid dienone is 1. The van der Waals surface area contributed by atoms with Gasteiger partial charge in [0.05, 0.1) is 6.61 Å². The van der Waals surface area contributed by atoms with E-state index in [4.69, 9.17) is 0 Å². The minimum Gasteiger partial charge on any atom is -0.508 e. The Morgan fingerprint density at radius 2 is 1.66 bits per heavy atom. The lowest BCUT2D eigenvalue weighted by atomic mass is 9.48. The number of nitrogens with zero attached hydrogens (tertiary/aromatic N) is 1. The van der Waals surface area contributed by atoms with Crippen molar-refractivity contribution in [2.45, 2.75) is 76.0 Å². The fourth-order valence-corrected chi connectivity index (χ4v) is 8.26. The summed E-state index contributed by atoms with van der Waals surface area (Å²) in [6, 6.07) is 3.85. The fraction of sp³-hybridized carbons (Fsp3) is 0.692. The highest BCUT2D eigenvalue weighted by molar-refractivity contribution is 5.52. The van der Waals surface area contributed by atoms with E-state index in [1.165, 1.54) is 38.5 Å². The Hall–Kier alpha value is -2.24. The summed E-state index contributed by atoms with van der Waals surface area (Å²) >= 11 is 0. The molecule has 5 aliphatic rings. The number of hydrogen-bond donors (Lipinski definition) is 2. The molecule has 1 aromatic rings. The normalized spacial score (nSPS) is 37.9. The second kappa shape index (κ2) is 7.96. The number of hydrogen-bond acceptors (Lipinski definition) is 5. The topological polar surface area (TPSA) is 92.8 Å². The Morgan fingerprint density at radius 3 is 2.16 bits per heavy atom. The van der Waals surface area contributed by atoms with Gasteiger partial charge < -0.3 is 15.1 Å². The van der Waals surface area contributed by atoms with Gasteiger partial charge in [0, 0.05) is 5.56 Å². The molecule has 1 aromatic carbocycles. The smallest absolute Gasteiger partial charge is 0.294 e. The fourth-order valence-electron chi connectivity index (χ4n) is 8.26. The van der Waals surface area contributed by atoms with Crippen molar-refractivity contribution in [2.75, 3.05) is 6.61 Å². The molecule has 6 rings (SSSR count). The summed E-state index contributed by atoms with van der Waals surface area (Å²) < 4.78 is 0. The van der Waals surface area contributed by atoms with Crippen LogP contribution in [0.5, 0.6) is 11.5 Å². The van der Waals surface area contributed by atoms with Crippen molar-refractivity contribution in [3.8, 4) is 11.5 Å². The van der Waals surface area contributed by atoms with Crippen LogP contribution in [0.3, 0.4) is 0 Å². The minimum atomic E-state index is -0.741. The molecule has 5 saturated carbocycles. The predicted molar refractivity (Wildman–Crippen MR) is 121 cm³/mol. The maximum Gasteiger partial charge on any atom is 0.294 e. The Labute approximate surface area is 189 Å². The molecule has 3 atom stereocenters. The number of aromatic hydroxyl groups is 2. The predicted octanol–water partition coefficient (Wildman–Crippen LogP) is 5.85. The first-order chi connectivity index (χ1) is 15.2. The van der Waals surface area contributed by atoms with E-state index in [-0.39, 0.29) is 41.3 Å². The van der Waals surface area contributed by atoms with Gasteiger partial charge in [-0.25, -0.2) is 0 Å². The second-order valence-electron chi connectivity index (χ2n) is 11.4. The molecule has 0 saturated heterocycles. The van der Waals surface area contributed by atoms with Crippen LogP contribution in [0.25, 0.3) is 0 Å². The van der Waals surface area contributed by atoms with Gasteiger partial charge in [0.15, 0.2) is 0 Å². The standard InChI is InChI=1S/C26H35NO5/c1-15(2)21-4-3-16(14-32-27(30)31)8-22(21)25-23(28)9-20(10-24(25)29)26-11-17-5-18(12-26)7-19(6-17)13-26/h9-10,16-19,21-22,28-29H,1,3-8,11-14H2,2H3/t16-,17?,18?,19?,21+,22-,26?/m1/s1. The van der Waals surface area contributed by atoms with Crippen LogP contribution in [0, 0.1) is 39.7 Å². The number of phenolic OH excluding ortho intramolecular Hbond substituents is 2. The van der Waals surface area contributed by atoms with E-state index in [9.17, 15) is 20.3 Å². The van der Waals surface area contributed by atoms with Crippen molar-refractivity contribution in [1.29, 1.82) is 0 Å². The van der Waals surface area contributed by atoms with Crippen molar-refractivity contribution in [2.24, 2.45) is 29.6 Å². The van der Waals surface area contributed by atoms with Crippen LogP contribution in [0.15, 0.2) is 24.3 Å². The third-order valence-electron chi connectivity index (χ3n) is 9.17. The molecule has 4 bridgehead atoms. The van der Waals surface area contributed by atoms with Gasteiger partial charge in [-0.1, -0.05) is 12.2 Å². The molecule has 0 unspecified atom stereocenters. The molecule has 0 aliphatic heterocycles. The third kappa shape index (κ3) is 3.75. The van der Waals surface area contributed by atoms with Crippen molar-refractivity contribution < 1.29 is 20.1 Å². The van der Waals surface area contributed by atoms with Crippen LogP contribution in [0.1, 0.15) is 81.8 Å². The van der Waals surface area contributed by atoms with Gasteiger partial charge in [-0.05, 0) is 123 Å². The molecular weight excluding hydrogens is 406 g/mol. The van der Waals surface area contributed by atoms with Gasteiger partial charge in [0.25, 0.3) is 5.09 Å². The van der Waals surface area contributed by atoms with E-state index in [1.807, 2.05) is 19.1 Å². The molecule has 0 heterocycles. The van der Waals surface area contributed by atoms with Crippen molar-refractivity contribution in [3.63, 3.8) is 0 Å². The molecule has 0 spiro atoms. The van der Waals surface area contributed by atoms with E-state index in [0.717, 1.165) is 41.7 Å². The molecule has 5 aliphatic carbocycles. The number of benzene rings is 1. The van der Waals surface area contributed by atoms with Crippen molar-refractivity contribution >= 4 is 0 Å². The summed E-state index contributed by atoms with van der Waals surface area (Å²) in [6.07, 6.45) is 9.85. The average Bonchev–Trinajstić information content (AvgIpc) is 2.70. The zero-order chi connectivity index (χ0) is 22.6. The Kier molecular flexibility index (Phi) is 5.37. The summed E-state index contributed by atoms with van der Waals surface area (Å²) in [5.41, 5.74) is 2.81. The Balaban J connectivity index is 1.45. The van der Waals surface area contributed by atoms with Crippen LogP contribution >= 0.6 is 0 Å². The van der Waals surface area contributed by atoms with Crippen LogP contribution < -0.4 is 0 Å². The van der Waals surface area contributed by atoms with E-state index >= 15 is 0 Å². The van der Waals surface area contributed by atoms with Crippen LogP contribution in [-0.2, 0) is 10.3 Å². The van der Waals surface area contributed by atoms with Crippen molar-refractivity contribution in [1.82, 2.24) is 0 Å². The molecule has 174 valence electrons. The molecule has 32 heavy (non-hydrogen) atoms. The van der Waals surface area contributed by atoms with Crippen LogP contribution in [0.2, 0.25) is 0 Å². The maximum absolute atomic E-state index is 11.2. The number of rotatable bonds is 6. The molecule has 0 amide bonds. The molecule has 5 fully saturated rings. The van der Waals surface area contributed by atoms with Crippen LogP contribution in [0.4, 0.5) is 0 Å². The largest absolute Gasteiger partial charge is 0.508 e. The maximum atomic E-state index is 11.2. The average molecular weight is 442 g/mol. The molecule has 0 radical (unpaired) electrons. The van der Waals surface area contributed by atoms with Crippen LogP contribution in [-0.4, -0.2) is 21.9 Å². The first kappa shape index (κ1) is 21.6. The van der Waals surface area contributed by atoms with Gasteiger partial charge in [-0.2, -0.15) is 0 Å². The number of phenols is 2. The SMILES string of the molecule is C=C(C)[C@@H]1CC[C@@H](CO[N+](=O)[O-])C[C@H]1c1c(O)cc(C23CC4CC(CC(C4)C2)C3)cc1O. The van der Waals surface area contributed by atoms with Gasteiger partial charge in [0.2, 0.25) is 0 Å². The lowest BCUT2D eigenvalue weighted by molar-refractivity contribution is -0.759. The summed E-state index contributed by atoms with van der Waals surface area (Å²) in [4.78, 5) is 15.3. The van der Waals surface area contributed by atoms with E-state index < -0.39 is 5.09 Å². The minimum absolute atomic E-state index is 0.0163. The Morgan fingerprint density at radius 1 is 1.09 bits per heavy atom. The monoisotopic (exact) mass is 441 g/mol. The van der Waals surface area contributed by atoms with E-state index in [2.05, 4.69) is 11.4 Å². The highest BCUT2D eigenvalue weighted by Gasteiger charge is 2.52. The quantitative estimate of drug-likeness (QED) is 0.328. The molecule has 0 aromatic heterocycles. The van der Waals surface area contributed by atoms with Crippen molar-refractivity contribution in [3.05, 3.63) is 45.5 Å². The zero-order valence-corrected chi connectivity index (χ0v) is 19.0. The molecular formula is C26H35NO5. The highest BCUT2D eigenvalue weighted by atomic mass is 16.9. The van der Waals surface area contributed by atoms with Gasteiger partial charge in [0.1, 0.15) is 11.5 Å². The van der Waals surface area contributed by atoms with Gasteiger partial charge in [-0.15, -0.1) is 10.1 Å². The summed E-state index contributed by atoms with van der Waals surface area (Å²) in [5.74, 6) is 2.74. The summed E-state index contributed by atoms with van der Waals surface area (Å²) in [5, 5.41) is 32.3. The molecule has 2 N–H and O–H groups in total. The second-order valence-corrected chi connectivity index (χ2v) is 11.4. The molecule has 6 nitrogen and oxygen atoms in total.